The first-order valence-electron chi connectivity index (χ1n) is 17.8. The van der Waals surface area contributed by atoms with E-state index >= 15 is 9.13 Å². The van der Waals surface area contributed by atoms with E-state index in [4.69, 9.17) is 4.98 Å². The number of aromatic nitrogens is 2. The summed E-state index contributed by atoms with van der Waals surface area (Å²) in [7, 11) is -6.42. The Morgan fingerprint density at radius 1 is 0.415 bits per heavy atom. The molecule has 0 fully saturated rings. The third-order valence-corrected chi connectivity index (χ3v) is 17.9. The molecule has 12 rings (SSSR count). The summed E-state index contributed by atoms with van der Waals surface area (Å²) in [5, 5.41) is 10.5. The van der Waals surface area contributed by atoms with Crippen LogP contribution in [0, 0.1) is 0 Å². The van der Waals surface area contributed by atoms with Crippen LogP contribution in [0.2, 0.25) is 0 Å². The van der Waals surface area contributed by atoms with Crippen molar-refractivity contribution < 1.29 is 9.13 Å². The van der Waals surface area contributed by atoms with Crippen LogP contribution in [0.25, 0.3) is 71.4 Å². The first kappa shape index (κ1) is 29.5. The molecule has 6 heteroatoms. The molecule has 2 aliphatic rings. The molecule has 0 atom stereocenters. The number of nitrogens with zero attached hydrogens (tertiary/aromatic N) is 2. The molecule has 4 nitrogen and oxygen atoms in total. The van der Waals surface area contributed by atoms with Gasteiger partial charge >= 0.3 is 0 Å². The van der Waals surface area contributed by atoms with Crippen LogP contribution < -0.4 is 31.8 Å². The summed E-state index contributed by atoms with van der Waals surface area (Å²) >= 11 is 0. The molecule has 0 unspecified atom stereocenters. The summed E-state index contributed by atoms with van der Waals surface area (Å²) in [4.78, 5) is 5.34. The molecular formula is C47H28N2O2P2. The van der Waals surface area contributed by atoms with Crippen molar-refractivity contribution in [3.05, 3.63) is 170 Å². The van der Waals surface area contributed by atoms with E-state index in [9.17, 15) is 0 Å². The molecule has 8 aromatic carbocycles. The molecule has 248 valence electrons. The topological polar surface area (TPSA) is 51.4 Å². The zero-order valence-electron chi connectivity index (χ0n) is 28.3. The lowest BCUT2D eigenvalue weighted by Crippen LogP contribution is -2.21. The Labute approximate surface area is 304 Å². The van der Waals surface area contributed by atoms with Crippen molar-refractivity contribution in [2.24, 2.45) is 0 Å². The van der Waals surface area contributed by atoms with Gasteiger partial charge in [-0.15, -0.1) is 0 Å². The molecule has 2 aliphatic heterocycles. The second-order valence-corrected chi connectivity index (χ2v) is 19.5. The average molecular weight is 715 g/mol. The lowest BCUT2D eigenvalue weighted by molar-refractivity contribution is 0.592. The molecule has 53 heavy (non-hydrogen) atoms. The molecule has 10 aromatic rings. The fourth-order valence-corrected chi connectivity index (χ4v) is 15.4. The highest BCUT2D eigenvalue weighted by molar-refractivity contribution is 7.87. The number of imidazole rings is 1. The Hall–Kier alpha value is -6.05. The highest BCUT2D eigenvalue weighted by Crippen LogP contribution is 2.54. The van der Waals surface area contributed by atoms with Crippen LogP contribution in [-0.2, 0) is 9.13 Å². The Morgan fingerprint density at radius 3 is 1.47 bits per heavy atom. The molecule has 0 spiro atoms. The van der Waals surface area contributed by atoms with Gasteiger partial charge in [-0.3, -0.25) is 4.40 Å². The fraction of sp³-hybridized carbons (Fsp3) is 0. The second kappa shape index (κ2) is 10.3. The first-order chi connectivity index (χ1) is 26.0. The SMILES string of the molecule is O=P1(c2ccc3nc4c5c6ccccc6ccc5c5ccc(P6(=O)c7ccccc7-c7ccccc76)cc5n4c3c2)c2ccccc2-c2ccccc21. The monoisotopic (exact) mass is 714 g/mol. The fourth-order valence-electron chi connectivity index (χ4n) is 9.26. The Morgan fingerprint density at radius 2 is 0.887 bits per heavy atom. The number of hydrogen-bond acceptors (Lipinski definition) is 3. The maximum absolute atomic E-state index is 15.7. The van der Waals surface area contributed by atoms with Crippen LogP contribution in [0.1, 0.15) is 0 Å². The summed E-state index contributed by atoms with van der Waals surface area (Å²) in [5.41, 5.74) is 7.54. The van der Waals surface area contributed by atoms with Crippen LogP contribution >= 0.6 is 14.3 Å². The maximum Gasteiger partial charge on any atom is 0.172 e. The number of rotatable bonds is 2. The third-order valence-electron chi connectivity index (χ3n) is 11.6. The van der Waals surface area contributed by atoms with Gasteiger partial charge in [0.2, 0.25) is 0 Å². The molecule has 0 bridgehead atoms. The summed E-state index contributed by atoms with van der Waals surface area (Å²) in [6.07, 6.45) is 0. The minimum atomic E-state index is -3.21. The molecule has 0 aliphatic carbocycles. The van der Waals surface area contributed by atoms with Crippen molar-refractivity contribution in [2.45, 2.75) is 0 Å². The minimum absolute atomic E-state index is 0.776. The van der Waals surface area contributed by atoms with Crippen molar-refractivity contribution in [1.82, 2.24) is 9.38 Å². The first-order valence-corrected chi connectivity index (χ1v) is 21.3. The number of fused-ring (bicyclic) bond motifs is 16. The van der Waals surface area contributed by atoms with Crippen molar-refractivity contribution in [2.75, 3.05) is 0 Å². The summed E-state index contributed by atoms with van der Waals surface area (Å²) < 4.78 is 33.6. The number of benzene rings is 8. The van der Waals surface area contributed by atoms with E-state index in [1.807, 2.05) is 84.9 Å². The van der Waals surface area contributed by atoms with Crippen molar-refractivity contribution in [3.8, 4) is 22.3 Å². The van der Waals surface area contributed by atoms with E-state index in [0.29, 0.717) is 0 Å². The van der Waals surface area contributed by atoms with E-state index in [2.05, 4.69) is 89.3 Å². The van der Waals surface area contributed by atoms with Crippen LogP contribution in [0.4, 0.5) is 0 Å². The zero-order valence-corrected chi connectivity index (χ0v) is 30.1. The van der Waals surface area contributed by atoms with Gasteiger partial charge in [-0.05, 0) is 62.7 Å². The summed E-state index contributed by atoms with van der Waals surface area (Å²) in [5.74, 6) is 0. The van der Waals surface area contributed by atoms with Gasteiger partial charge in [-0.2, -0.15) is 0 Å². The minimum Gasteiger partial charge on any atom is -0.309 e. The normalized spacial score (nSPS) is 14.9. The van der Waals surface area contributed by atoms with Crippen molar-refractivity contribution >= 4 is 95.2 Å². The zero-order chi connectivity index (χ0) is 35.1. The molecule has 0 N–H and O–H groups in total. The molecular weight excluding hydrogens is 686 g/mol. The van der Waals surface area contributed by atoms with Crippen molar-refractivity contribution in [3.63, 3.8) is 0 Å². The van der Waals surface area contributed by atoms with Gasteiger partial charge in [0, 0.05) is 42.6 Å². The summed E-state index contributed by atoms with van der Waals surface area (Å²) in [6, 6.07) is 57.7. The Bertz CT molecular complexity index is 3280. The number of hydrogen-bond donors (Lipinski definition) is 0. The highest BCUT2D eigenvalue weighted by atomic mass is 31.2. The van der Waals surface area contributed by atoms with Crippen molar-refractivity contribution in [1.29, 1.82) is 0 Å². The quantitative estimate of drug-likeness (QED) is 0.133. The average Bonchev–Trinajstić information content (AvgIpc) is 3.83. The van der Waals surface area contributed by atoms with Crippen LogP contribution in [-0.4, -0.2) is 9.38 Å². The number of pyridine rings is 1. The maximum atomic E-state index is 15.7. The standard InChI is InChI=1S/C47H28N2O2P2/c50-52(42-17-7-3-13-34(42)35-14-4-8-18-43(35)52)30-22-25-33-38-24-21-29-11-1-2-12-32(29)46(38)47-48-39-26-23-31(28-41(39)49(47)40(33)27-30)53(51)44-19-9-5-15-36(44)37-16-6-10-20-45(37)53/h1-28H. The second-order valence-electron chi connectivity index (χ2n) is 14.1. The highest BCUT2D eigenvalue weighted by Gasteiger charge is 2.41. The Balaban J connectivity index is 1.22. The molecule has 0 saturated carbocycles. The molecule has 0 saturated heterocycles. The predicted octanol–water partition coefficient (Wildman–Crippen LogP) is 9.19. The van der Waals surface area contributed by atoms with E-state index in [1.54, 1.807) is 0 Å². The summed E-state index contributed by atoms with van der Waals surface area (Å²) in [6.45, 7) is 0. The third kappa shape index (κ3) is 3.65. The molecule has 0 amide bonds. The molecule has 4 heterocycles. The van der Waals surface area contributed by atoms with Gasteiger partial charge in [-0.25, -0.2) is 4.98 Å². The lowest BCUT2D eigenvalue weighted by atomic mass is 9.99. The van der Waals surface area contributed by atoms with E-state index in [0.717, 1.165) is 103 Å². The van der Waals surface area contributed by atoms with E-state index in [-0.39, 0.29) is 0 Å². The van der Waals surface area contributed by atoms with Crippen LogP contribution in [0.15, 0.2) is 170 Å². The Kier molecular flexibility index (Phi) is 5.74. The molecule has 0 radical (unpaired) electrons. The van der Waals surface area contributed by atoms with Crippen LogP contribution in [0.5, 0.6) is 0 Å². The van der Waals surface area contributed by atoms with Gasteiger partial charge in [0.15, 0.2) is 14.3 Å². The van der Waals surface area contributed by atoms with E-state index < -0.39 is 14.3 Å². The van der Waals surface area contributed by atoms with E-state index in [1.165, 1.54) is 0 Å². The largest absolute Gasteiger partial charge is 0.309 e. The predicted molar refractivity (Wildman–Crippen MR) is 222 cm³/mol. The van der Waals surface area contributed by atoms with Gasteiger partial charge < -0.3 is 9.13 Å². The van der Waals surface area contributed by atoms with Gasteiger partial charge in [0.25, 0.3) is 0 Å². The smallest absolute Gasteiger partial charge is 0.172 e. The van der Waals surface area contributed by atoms with Crippen LogP contribution in [0.3, 0.4) is 0 Å². The van der Waals surface area contributed by atoms with Gasteiger partial charge in [0.05, 0.1) is 16.6 Å². The van der Waals surface area contributed by atoms with Gasteiger partial charge in [-0.1, -0.05) is 146 Å². The van der Waals surface area contributed by atoms with Gasteiger partial charge in [0.1, 0.15) is 5.65 Å². The lowest BCUT2D eigenvalue weighted by Gasteiger charge is -2.18. The molecule has 2 aromatic heterocycles.